The van der Waals surface area contributed by atoms with Crippen molar-refractivity contribution in [1.29, 1.82) is 0 Å². The first-order valence-electron chi connectivity index (χ1n) is 6.10. The molecule has 2 aromatic rings. The van der Waals surface area contributed by atoms with E-state index < -0.39 is 5.75 Å². The number of aromatic hydroxyl groups is 3. The quantitative estimate of drug-likeness (QED) is 0.501. The molecular weight excluding hydrogens is 242 g/mol. The second-order valence-electron chi connectivity index (χ2n) is 4.73. The number of hydrogen-bond acceptors (Lipinski definition) is 4. The maximum absolute atomic E-state index is 9.71. The van der Waals surface area contributed by atoms with Crippen LogP contribution in [0.4, 0.5) is 11.4 Å². The van der Waals surface area contributed by atoms with E-state index in [1.54, 1.807) is 0 Å². The first-order valence-corrected chi connectivity index (χ1v) is 6.10. The van der Waals surface area contributed by atoms with Crippen molar-refractivity contribution in [3.8, 4) is 17.2 Å². The molecule has 4 nitrogen and oxygen atoms in total. The van der Waals surface area contributed by atoms with Gasteiger partial charge in [-0.15, -0.1) is 0 Å². The Morgan fingerprint density at radius 1 is 0.842 bits per heavy atom. The van der Waals surface area contributed by atoms with Gasteiger partial charge in [-0.2, -0.15) is 0 Å². The zero-order valence-corrected chi connectivity index (χ0v) is 10.9. The Hall–Kier alpha value is -2.36. The molecule has 19 heavy (non-hydrogen) atoms. The van der Waals surface area contributed by atoms with Crippen LogP contribution in [0.2, 0.25) is 0 Å². The van der Waals surface area contributed by atoms with E-state index in [0.717, 1.165) is 5.69 Å². The van der Waals surface area contributed by atoms with Crippen LogP contribution >= 0.6 is 0 Å². The maximum Gasteiger partial charge on any atom is 0.202 e. The minimum atomic E-state index is -0.524. The lowest BCUT2D eigenvalue weighted by Crippen LogP contribution is -1.92. The van der Waals surface area contributed by atoms with E-state index in [4.69, 9.17) is 0 Å². The molecule has 0 saturated heterocycles. The number of nitrogens with one attached hydrogen (secondary N) is 1. The molecule has 0 atom stereocenters. The molecule has 0 aliphatic heterocycles. The lowest BCUT2D eigenvalue weighted by atomic mass is 10.0. The monoisotopic (exact) mass is 259 g/mol. The largest absolute Gasteiger partial charge is 0.504 e. The Labute approximate surface area is 112 Å². The summed E-state index contributed by atoms with van der Waals surface area (Å²) in [7, 11) is 0. The van der Waals surface area contributed by atoms with E-state index in [-0.39, 0.29) is 11.5 Å². The summed E-state index contributed by atoms with van der Waals surface area (Å²) in [5.41, 5.74) is 2.36. The van der Waals surface area contributed by atoms with Gasteiger partial charge in [-0.25, -0.2) is 0 Å². The summed E-state index contributed by atoms with van der Waals surface area (Å²) in [6.07, 6.45) is 0. The van der Waals surface area contributed by atoms with Crippen molar-refractivity contribution >= 4 is 11.4 Å². The second-order valence-corrected chi connectivity index (χ2v) is 4.73. The highest BCUT2D eigenvalue weighted by atomic mass is 16.3. The first kappa shape index (κ1) is 13.1. The molecule has 0 spiro atoms. The van der Waals surface area contributed by atoms with Crippen molar-refractivity contribution in [3.63, 3.8) is 0 Å². The molecule has 2 rings (SSSR count). The smallest absolute Gasteiger partial charge is 0.202 e. The molecule has 0 aromatic heterocycles. The van der Waals surface area contributed by atoms with E-state index in [1.807, 2.05) is 24.3 Å². The van der Waals surface area contributed by atoms with Gasteiger partial charge in [0.25, 0.3) is 0 Å². The van der Waals surface area contributed by atoms with Crippen LogP contribution in [0.1, 0.15) is 25.3 Å². The van der Waals surface area contributed by atoms with Gasteiger partial charge in [-0.05, 0) is 35.7 Å². The van der Waals surface area contributed by atoms with Gasteiger partial charge in [-0.1, -0.05) is 26.0 Å². The Morgan fingerprint density at radius 3 is 2.05 bits per heavy atom. The molecule has 0 amide bonds. The van der Waals surface area contributed by atoms with Gasteiger partial charge in [0.15, 0.2) is 11.5 Å². The fourth-order valence-corrected chi connectivity index (χ4v) is 1.78. The fraction of sp³-hybridized carbons (Fsp3) is 0.200. The molecule has 4 heteroatoms. The summed E-state index contributed by atoms with van der Waals surface area (Å²) in [5, 5.41) is 31.4. The van der Waals surface area contributed by atoms with Crippen LogP contribution in [-0.2, 0) is 0 Å². The normalized spacial score (nSPS) is 10.7. The maximum atomic E-state index is 9.71. The highest BCUT2D eigenvalue weighted by molar-refractivity contribution is 5.71. The standard InChI is InChI=1S/C15H17NO3/c1-9(2)10-3-5-11(6-4-10)16-12-7-8-13(17)15(19)14(12)18/h3-9,16-19H,1-2H3. The van der Waals surface area contributed by atoms with Crippen LogP contribution in [0.3, 0.4) is 0 Å². The molecule has 4 N–H and O–H groups in total. The number of hydrogen-bond donors (Lipinski definition) is 4. The van der Waals surface area contributed by atoms with Gasteiger partial charge in [0, 0.05) is 5.69 Å². The summed E-state index contributed by atoms with van der Waals surface area (Å²) in [6.45, 7) is 4.23. The van der Waals surface area contributed by atoms with Gasteiger partial charge in [-0.3, -0.25) is 0 Å². The van der Waals surface area contributed by atoms with Gasteiger partial charge in [0.1, 0.15) is 0 Å². The predicted octanol–water partition coefficient (Wildman–Crippen LogP) is 3.67. The van der Waals surface area contributed by atoms with E-state index in [1.165, 1.54) is 17.7 Å². The first-order chi connectivity index (χ1) is 8.99. The summed E-state index contributed by atoms with van der Waals surface area (Å²) in [4.78, 5) is 0. The SMILES string of the molecule is CC(C)c1ccc(Nc2ccc(O)c(O)c2O)cc1. The summed E-state index contributed by atoms with van der Waals surface area (Å²) < 4.78 is 0. The zero-order chi connectivity index (χ0) is 14.0. The predicted molar refractivity (Wildman–Crippen MR) is 75.3 cm³/mol. The van der Waals surface area contributed by atoms with Crippen molar-refractivity contribution < 1.29 is 15.3 Å². The van der Waals surface area contributed by atoms with Crippen LogP contribution in [0, 0.1) is 0 Å². The zero-order valence-electron chi connectivity index (χ0n) is 10.9. The number of phenols is 3. The average Bonchev–Trinajstić information content (AvgIpc) is 2.40. The van der Waals surface area contributed by atoms with Crippen LogP contribution in [-0.4, -0.2) is 15.3 Å². The van der Waals surface area contributed by atoms with Crippen molar-refractivity contribution in [1.82, 2.24) is 0 Å². The van der Waals surface area contributed by atoms with Crippen molar-refractivity contribution in [2.75, 3.05) is 5.32 Å². The number of phenolic OH excluding ortho intramolecular Hbond substituents is 3. The van der Waals surface area contributed by atoms with Crippen LogP contribution < -0.4 is 5.32 Å². The molecule has 0 unspecified atom stereocenters. The summed E-state index contributed by atoms with van der Waals surface area (Å²) in [6, 6.07) is 10.6. The van der Waals surface area contributed by atoms with E-state index in [2.05, 4.69) is 19.2 Å². The van der Waals surface area contributed by atoms with Crippen LogP contribution in [0.15, 0.2) is 36.4 Å². The van der Waals surface area contributed by atoms with E-state index >= 15 is 0 Å². The highest BCUT2D eigenvalue weighted by Gasteiger charge is 2.11. The van der Waals surface area contributed by atoms with Crippen molar-refractivity contribution in [2.45, 2.75) is 19.8 Å². The Bertz CT molecular complexity index is 577. The molecule has 0 aliphatic rings. The van der Waals surface area contributed by atoms with E-state index in [0.29, 0.717) is 11.6 Å². The molecule has 0 aliphatic carbocycles. The Morgan fingerprint density at radius 2 is 1.47 bits per heavy atom. The lowest BCUT2D eigenvalue weighted by Gasteiger charge is -2.11. The van der Waals surface area contributed by atoms with Crippen LogP contribution in [0.25, 0.3) is 0 Å². The average molecular weight is 259 g/mol. The topological polar surface area (TPSA) is 72.7 Å². The van der Waals surface area contributed by atoms with E-state index in [9.17, 15) is 15.3 Å². The third-order valence-electron chi connectivity index (χ3n) is 2.99. The molecule has 2 aromatic carbocycles. The second kappa shape index (κ2) is 5.10. The number of anilines is 2. The molecule has 0 radical (unpaired) electrons. The van der Waals surface area contributed by atoms with Gasteiger partial charge >= 0.3 is 0 Å². The van der Waals surface area contributed by atoms with Crippen molar-refractivity contribution in [3.05, 3.63) is 42.0 Å². The molecule has 0 heterocycles. The van der Waals surface area contributed by atoms with Gasteiger partial charge in [0.05, 0.1) is 5.69 Å². The molecular formula is C15H17NO3. The molecule has 0 fully saturated rings. The highest BCUT2D eigenvalue weighted by Crippen LogP contribution is 2.41. The van der Waals surface area contributed by atoms with Crippen molar-refractivity contribution in [2.24, 2.45) is 0 Å². The summed E-state index contributed by atoms with van der Waals surface area (Å²) >= 11 is 0. The molecule has 0 bridgehead atoms. The lowest BCUT2D eigenvalue weighted by molar-refractivity contribution is 0.369. The minimum Gasteiger partial charge on any atom is -0.504 e. The summed E-state index contributed by atoms with van der Waals surface area (Å²) in [5.74, 6) is -0.782. The Balaban J connectivity index is 2.24. The number of benzene rings is 2. The van der Waals surface area contributed by atoms with Crippen LogP contribution in [0.5, 0.6) is 17.2 Å². The minimum absolute atomic E-state index is 0.340. The fourth-order valence-electron chi connectivity index (χ4n) is 1.78. The molecule has 100 valence electrons. The Kier molecular flexibility index (Phi) is 3.51. The number of rotatable bonds is 3. The third-order valence-corrected chi connectivity index (χ3v) is 2.99. The van der Waals surface area contributed by atoms with Gasteiger partial charge < -0.3 is 20.6 Å². The molecule has 0 saturated carbocycles. The third kappa shape index (κ3) is 2.73. The van der Waals surface area contributed by atoms with Gasteiger partial charge in [0.2, 0.25) is 5.75 Å².